The molecule has 0 radical (unpaired) electrons. The lowest BCUT2D eigenvalue weighted by Crippen LogP contribution is -2.39. The lowest BCUT2D eigenvalue weighted by Gasteiger charge is -2.24. The molecule has 78 valence electrons. The Morgan fingerprint density at radius 1 is 1.67 bits per heavy atom. The summed E-state index contributed by atoms with van der Waals surface area (Å²) in [5.41, 5.74) is 0.0126. The van der Waals surface area contributed by atoms with Gasteiger partial charge in [0.05, 0.1) is 12.1 Å². The highest BCUT2D eigenvalue weighted by atomic mass is 19.2. The minimum atomic E-state index is -1.35. The van der Waals surface area contributed by atoms with Gasteiger partial charge in [-0.25, -0.2) is 4.98 Å². The van der Waals surface area contributed by atoms with E-state index in [9.17, 15) is 14.1 Å². The fourth-order valence-electron chi connectivity index (χ4n) is 1.49. The molecule has 0 aliphatic carbocycles. The third-order valence-electron chi connectivity index (χ3n) is 2.24. The number of aliphatic carboxylic acids is 1. The predicted molar refractivity (Wildman–Crippen MR) is 48.1 cm³/mol. The molecule has 1 aromatic rings. The van der Waals surface area contributed by atoms with Gasteiger partial charge >= 0.3 is 5.97 Å². The first-order chi connectivity index (χ1) is 7.11. The SMILES string of the molecule is O=C(O)C1CN(F)c2ncccc2C1=O. The zero-order valence-corrected chi connectivity index (χ0v) is 7.55. The summed E-state index contributed by atoms with van der Waals surface area (Å²) in [4.78, 5) is 26.0. The number of fused-ring (bicyclic) bond motifs is 1. The van der Waals surface area contributed by atoms with Gasteiger partial charge in [0.25, 0.3) is 0 Å². The van der Waals surface area contributed by atoms with Gasteiger partial charge in [-0.3, -0.25) is 9.59 Å². The molecular weight excluding hydrogens is 203 g/mol. The number of carbonyl (C=O) groups excluding carboxylic acids is 1. The molecule has 1 unspecified atom stereocenters. The number of Topliss-reactive ketones (excluding diaryl/α,β-unsaturated/α-hetero) is 1. The van der Waals surface area contributed by atoms with Crippen LogP contribution < -0.4 is 5.12 Å². The van der Waals surface area contributed by atoms with Crippen LogP contribution in [0, 0.1) is 5.92 Å². The summed E-state index contributed by atoms with van der Waals surface area (Å²) in [5.74, 6) is -3.39. The normalized spacial score (nSPS) is 19.9. The van der Waals surface area contributed by atoms with E-state index in [-0.39, 0.29) is 16.5 Å². The number of carboxylic acid groups (broad SMARTS) is 1. The topological polar surface area (TPSA) is 70.5 Å². The van der Waals surface area contributed by atoms with Gasteiger partial charge < -0.3 is 5.11 Å². The summed E-state index contributed by atoms with van der Waals surface area (Å²) in [5, 5.41) is 8.91. The van der Waals surface area contributed by atoms with Crippen LogP contribution >= 0.6 is 0 Å². The number of anilines is 1. The van der Waals surface area contributed by atoms with Crippen molar-refractivity contribution in [3.63, 3.8) is 0 Å². The van der Waals surface area contributed by atoms with Gasteiger partial charge in [0.1, 0.15) is 5.92 Å². The van der Waals surface area contributed by atoms with Crippen LogP contribution in [0.3, 0.4) is 0 Å². The van der Waals surface area contributed by atoms with Gasteiger partial charge in [-0.1, -0.05) is 4.48 Å². The number of carboxylic acids is 1. The maximum absolute atomic E-state index is 13.3. The zero-order chi connectivity index (χ0) is 11.0. The van der Waals surface area contributed by atoms with Crippen molar-refractivity contribution >= 4 is 17.6 Å². The molecule has 1 aliphatic heterocycles. The van der Waals surface area contributed by atoms with Gasteiger partial charge in [-0.05, 0) is 12.1 Å². The minimum Gasteiger partial charge on any atom is -0.481 e. The Morgan fingerprint density at radius 2 is 2.40 bits per heavy atom. The third kappa shape index (κ3) is 1.43. The van der Waals surface area contributed by atoms with Crippen molar-refractivity contribution in [2.24, 2.45) is 5.92 Å². The van der Waals surface area contributed by atoms with Crippen molar-refractivity contribution < 1.29 is 19.2 Å². The molecule has 1 aliphatic rings. The number of hydrogen-bond donors (Lipinski definition) is 1. The Balaban J connectivity index is 2.49. The third-order valence-corrected chi connectivity index (χ3v) is 2.24. The van der Waals surface area contributed by atoms with E-state index >= 15 is 0 Å². The highest BCUT2D eigenvalue weighted by molar-refractivity contribution is 6.12. The van der Waals surface area contributed by atoms with Crippen LogP contribution in [0.4, 0.5) is 10.3 Å². The first-order valence-electron chi connectivity index (χ1n) is 4.26. The number of ketones is 1. The van der Waals surface area contributed by atoms with Gasteiger partial charge in [-0.2, -0.15) is 5.12 Å². The summed E-state index contributed by atoms with van der Waals surface area (Å²) in [6.45, 7) is -0.488. The predicted octanol–water partition coefficient (Wildman–Crippen LogP) is 0.670. The standard InChI is InChI=1S/C9H7FN2O3/c10-12-4-6(9(14)15)7(13)5-2-1-3-11-8(5)12/h1-3,6H,4H2,(H,14,15). The highest BCUT2D eigenvalue weighted by Gasteiger charge is 2.37. The second kappa shape index (κ2) is 3.30. The van der Waals surface area contributed by atoms with Crippen LogP contribution in [0.1, 0.15) is 10.4 Å². The molecule has 0 saturated carbocycles. The number of halogens is 1. The molecule has 15 heavy (non-hydrogen) atoms. The molecule has 0 amide bonds. The minimum absolute atomic E-state index is 0.0126. The molecule has 0 aromatic carbocycles. The molecule has 0 saturated heterocycles. The Bertz CT molecular complexity index is 435. The first-order valence-corrected chi connectivity index (χ1v) is 4.26. The number of rotatable bonds is 1. The Labute approximate surface area is 84.1 Å². The molecular formula is C9H7FN2O3. The first kappa shape index (κ1) is 9.57. The average Bonchev–Trinajstić information content (AvgIpc) is 2.23. The van der Waals surface area contributed by atoms with Crippen LogP contribution in [-0.4, -0.2) is 28.4 Å². The van der Waals surface area contributed by atoms with Crippen LogP contribution in [0.25, 0.3) is 0 Å². The lowest BCUT2D eigenvalue weighted by atomic mass is 9.94. The molecule has 1 atom stereocenters. The molecule has 1 aromatic heterocycles. The number of hydrogen-bond acceptors (Lipinski definition) is 4. The molecule has 2 heterocycles. The fraction of sp³-hybridized carbons (Fsp3) is 0.222. The Hall–Kier alpha value is -1.98. The van der Waals surface area contributed by atoms with Crippen LogP contribution in [0.5, 0.6) is 0 Å². The summed E-state index contributed by atoms with van der Waals surface area (Å²) < 4.78 is 13.3. The van der Waals surface area contributed by atoms with E-state index in [1.165, 1.54) is 18.3 Å². The van der Waals surface area contributed by atoms with E-state index in [2.05, 4.69) is 4.98 Å². The van der Waals surface area contributed by atoms with E-state index in [1.54, 1.807) is 0 Å². The van der Waals surface area contributed by atoms with E-state index < -0.39 is 24.2 Å². The molecule has 1 N–H and O–H groups in total. The van der Waals surface area contributed by atoms with Crippen molar-refractivity contribution in [2.45, 2.75) is 0 Å². The Morgan fingerprint density at radius 3 is 3.07 bits per heavy atom. The van der Waals surface area contributed by atoms with E-state index in [0.717, 1.165) is 0 Å². The highest BCUT2D eigenvalue weighted by Crippen LogP contribution is 2.27. The monoisotopic (exact) mass is 210 g/mol. The lowest BCUT2D eigenvalue weighted by molar-refractivity contribution is -0.139. The average molecular weight is 210 g/mol. The number of nitrogens with zero attached hydrogens (tertiary/aromatic N) is 2. The van der Waals surface area contributed by atoms with Gasteiger partial charge in [0.2, 0.25) is 0 Å². The van der Waals surface area contributed by atoms with E-state index in [1.807, 2.05) is 0 Å². The van der Waals surface area contributed by atoms with Crippen LogP contribution in [0.2, 0.25) is 0 Å². The number of carbonyl (C=O) groups is 2. The van der Waals surface area contributed by atoms with E-state index in [4.69, 9.17) is 5.11 Å². The molecule has 5 nitrogen and oxygen atoms in total. The number of pyridine rings is 1. The van der Waals surface area contributed by atoms with E-state index in [0.29, 0.717) is 0 Å². The molecule has 0 fully saturated rings. The van der Waals surface area contributed by atoms with Crippen molar-refractivity contribution in [3.05, 3.63) is 23.9 Å². The van der Waals surface area contributed by atoms with Crippen molar-refractivity contribution in [2.75, 3.05) is 11.7 Å². The van der Waals surface area contributed by atoms with Crippen LogP contribution in [0.15, 0.2) is 18.3 Å². The molecule has 0 bridgehead atoms. The summed E-state index contributed by atoms with van der Waals surface area (Å²) in [6, 6.07) is 2.83. The quantitative estimate of drug-likeness (QED) is 0.545. The van der Waals surface area contributed by atoms with Gasteiger partial charge in [0, 0.05) is 6.20 Å². The fourth-order valence-corrected chi connectivity index (χ4v) is 1.49. The van der Waals surface area contributed by atoms with Crippen molar-refractivity contribution in [1.82, 2.24) is 4.98 Å². The molecule has 2 rings (SSSR count). The zero-order valence-electron chi connectivity index (χ0n) is 7.55. The van der Waals surface area contributed by atoms with Gasteiger partial charge in [0.15, 0.2) is 11.6 Å². The van der Waals surface area contributed by atoms with Crippen molar-refractivity contribution in [1.29, 1.82) is 0 Å². The maximum Gasteiger partial charge on any atom is 0.316 e. The van der Waals surface area contributed by atoms with Crippen molar-refractivity contribution in [3.8, 4) is 0 Å². The summed E-state index contributed by atoms with van der Waals surface area (Å²) >= 11 is 0. The second-order valence-corrected chi connectivity index (χ2v) is 3.17. The molecule has 0 spiro atoms. The maximum atomic E-state index is 13.3. The number of aromatic nitrogens is 1. The summed E-state index contributed by atoms with van der Waals surface area (Å²) in [7, 11) is 0. The van der Waals surface area contributed by atoms with Crippen LogP contribution in [-0.2, 0) is 4.79 Å². The summed E-state index contributed by atoms with van der Waals surface area (Å²) in [6.07, 6.45) is 1.35. The molecule has 6 heteroatoms. The smallest absolute Gasteiger partial charge is 0.316 e. The Kier molecular flexibility index (Phi) is 2.11. The second-order valence-electron chi connectivity index (χ2n) is 3.17. The largest absolute Gasteiger partial charge is 0.481 e. The van der Waals surface area contributed by atoms with Gasteiger partial charge in [-0.15, -0.1) is 0 Å².